The predicted molar refractivity (Wildman–Crippen MR) is 62.4 cm³/mol. The Morgan fingerprint density at radius 1 is 1.56 bits per heavy atom. The number of hydrogen-bond acceptors (Lipinski definition) is 3. The number of Topliss-reactive ketones (excluding diaryl/α,β-unsaturated/α-hetero) is 1. The Balaban J connectivity index is 1.81. The SMILES string of the molecule is Cn1nccc1C(=O)CCC1CCNCC1. The molecule has 1 aromatic heterocycles. The quantitative estimate of drug-likeness (QED) is 0.781. The van der Waals surface area contributed by atoms with E-state index in [9.17, 15) is 4.79 Å². The number of piperidine rings is 1. The lowest BCUT2D eigenvalue weighted by Crippen LogP contribution is -2.28. The molecule has 0 bridgehead atoms. The third-order valence-corrected chi connectivity index (χ3v) is 3.34. The van der Waals surface area contributed by atoms with Crippen molar-refractivity contribution in [3.8, 4) is 0 Å². The summed E-state index contributed by atoms with van der Waals surface area (Å²) in [5.74, 6) is 0.942. The molecule has 0 amide bonds. The fourth-order valence-corrected chi connectivity index (χ4v) is 2.28. The number of rotatable bonds is 4. The van der Waals surface area contributed by atoms with Gasteiger partial charge in [-0.2, -0.15) is 5.10 Å². The highest BCUT2D eigenvalue weighted by Gasteiger charge is 2.16. The van der Waals surface area contributed by atoms with Crippen molar-refractivity contribution in [1.82, 2.24) is 15.1 Å². The first-order chi connectivity index (χ1) is 7.77. The van der Waals surface area contributed by atoms with Gasteiger partial charge in [0.2, 0.25) is 0 Å². The molecule has 0 atom stereocenters. The maximum absolute atomic E-state index is 11.9. The summed E-state index contributed by atoms with van der Waals surface area (Å²) in [4.78, 5) is 11.9. The number of carbonyl (C=O) groups excluding carboxylic acids is 1. The van der Waals surface area contributed by atoms with Crippen molar-refractivity contribution in [2.24, 2.45) is 13.0 Å². The molecular formula is C12H19N3O. The normalized spacial score (nSPS) is 17.6. The summed E-state index contributed by atoms with van der Waals surface area (Å²) >= 11 is 0. The second kappa shape index (κ2) is 5.25. The van der Waals surface area contributed by atoms with E-state index in [0.29, 0.717) is 6.42 Å². The number of aromatic nitrogens is 2. The van der Waals surface area contributed by atoms with Gasteiger partial charge in [-0.1, -0.05) is 0 Å². The van der Waals surface area contributed by atoms with Crippen LogP contribution in [0.25, 0.3) is 0 Å². The van der Waals surface area contributed by atoms with Gasteiger partial charge in [-0.3, -0.25) is 9.48 Å². The summed E-state index contributed by atoms with van der Waals surface area (Å²) < 4.78 is 1.66. The van der Waals surface area contributed by atoms with E-state index in [1.807, 2.05) is 7.05 Å². The Bertz CT molecular complexity index is 353. The van der Waals surface area contributed by atoms with Crippen molar-refractivity contribution in [1.29, 1.82) is 0 Å². The molecule has 1 aliphatic rings. The van der Waals surface area contributed by atoms with Crippen molar-refractivity contribution in [3.05, 3.63) is 18.0 Å². The number of carbonyl (C=O) groups is 1. The summed E-state index contributed by atoms with van der Waals surface area (Å²) in [6, 6.07) is 1.80. The fourth-order valence-electron chi connectivity index (χ4n) is 2.28. The first-order valence-corrected chi connectivity index (χ1v) is 5.99. The summed E-state index contributed by atoms with van der Waals surface area (Å²) in [5, 5.41) is 7.36. The van der Waals surface area contributed by atoms with E-state index < -0.39 is 0 Å². The van der Waals surface area contributed by atoms with E-state index in [4.69, 9.17) is 0 Å². The van der Waals surface area contributed by atoms with Crippen LogP contribution in [-0.2, 0) is 7.05 Å². The van der Waals surface area contributed by atoms with Crippen LogP contribution in [0.2, 0.25) is 0 Å². The molecule has 0 aliphatic carbocycles. The zero-order valence-corrected chi connectivity index (χ0v) is 9.78. The average molecular weight is 221 g/mol. The molecule has 0 saturated carbocycles. The molecule has 16 heavy (non-hydrogen) atoms. The maximum atomic E-state index is 11.9. The smallest absolute Gasteiger partial charge is 0.180 e. The summed E-state index contributed by atoms with van der Waals surface area (Å²) in [7, 11) is 1.82. The highest BCUT2D eigenvalue weighted by molar-refractivity contribution is 5.94. The third kappa shape index (κ3) is 2.70. The average Bonchev–Trinajstić information content (AvgIpc) is 2.74. The van der Waals surface area contributed by atoms with Crippen molar-refractivity contribution < 1.29 is 4.79 Å². The second-order valence-corrected chi connectivity index (χ2v) is 4.50. The largest absolute Gasteiger partial charge is 0.317 e. The Labute approximate surface area is 96.0 Å². The van der Waals surface area contributed by atoms with E-state index in [1.165, 1.54) is 12.8 Å². The van der Waals surface area contributed by atoms with E-state index in [2.05, 4.69) is 10.4 Å². The van der Waals surface area contributed by atoms with Gasteiger partial charge in [0.15, 0.2) is 5.78 Å². The number of nitrogens with zero attached hydrogens (tertiary/aromatic N) is 2. The molecule has 2 rings (SSSR count). The van der Waals surface area contributed by atoms with Crippen LogP contribution in [0.15, 0.2) is 12.3 Å². The number of aryl methyl sites for hydroxylation is 1. The van der Waals surface area contributed by atoms with Crippen LogP contribution in [0.5, 0.6) is 0 Å². The Morgan fingerprint density at radius 3 is 2.94 bits per heavy atom. The van der Waals surface area contributed by atoms with Crippen LogP contribution in [0.1, 0.15) is 36.2 Å². The van der Waals surface area contributed by atoms with Gasteiger partial charge in [0.25, 0.3) is 0 Å². The van der Waals surface area contributed by atoms with E-state index in [1.54, 1.807) is 16.9 Å². The highest BCUT2D eigenvalue weighted by atomic mass is 16.1. The molecule has 0 unspecified atom stereocenters. The van der Waals surface area contributed by atoms with Gasteiger partial charge in [-0.15, -0.1) is 0 Å². The van der Waals surface area contributed by atoms with Gasteiger partial charge < -0.3 is 5.32 Å². The minimum atomic E-state index is 0.221. The van der Waals surface area contributed by atoms with Crippen LogP contribution >= 0.6 is 0 Å². The molecule has 0 spiro atoms. The standard InChI is InChI=1S/C12H19N3O/c1-15-11(6-9-14-15)12(16)3-2-10-4-7-13-8-5-10/h6,9-10,13H,2-5,7-8H2,1H3. The molecule has 88 valence electrons. The summed E-state index contributed by atoms with van der Waals surface area (Å²) in [6.45, 7) is 2.20. The highest BCUT2D eigenvalue weighted by Crippen LogP contribution is 2.19. The molecule has 1 fully saturated rings. The molecule has 1 N–H and O–H groups in total. The zero-order valence-electron chi connectivity index (χ0n) is 9.78. The van der Waals surface area contributed by atoms with Gasteiger partial charge in [-0.05, 0) is 44.3 Å². The fraction of sp³-hybridized carbons (Fsp3) is 0.667. The van der Waals surface area contributed by atoms with Crippen molar-refractivity contribution in [2.45, 2.75) is 25.7 Å². The molecule has 0 radical (unpaired) electrons. The first kappa shape index (κ1) is 11.3. The topological polar surface area (TPSA) is 46.9 Å². The Morgan fingerprint density at radius 2 is 2.31 bits per heavy atom. The van der Waals surface area contributed by atoms with Crippen LogP contribution < -0.4 is 5.32 Å². The van der Waals surface area contributed by atoms with Gasteiger partial charge in [-0.25, -0.2) is 0 Å². The summed E-state index contributed by atoms with van der Waals surface area (Å²) in [5.41, 5.74) is 0.730. The number of nitrogens with one attached hydrogen (secondary N) is 1. The zero-order chi connectivity index (χ0) is 11.4. The molecule has 0 aromatic carbocycles. The molecule has 2 heterocycles. The van der Waals surface area contributed by atoms with Crippen LogP contribution in [0, 0.1) is 5.92 Å². The summed E-state index contributed by atoms with van der Waals surface area (Å²) in [6.07, 6.45) is 5.77. The first-order valence-electron chi connectivity index (χ1n) is 5.99. The lowest BCUT2D eigenvalue weighted by Gasteiger charge is -2.21. The molecule has 1 saturated heterocycles. The van der Waals surface area contributed by atoms with Gasteiger partial charge in [0.1, 0.15) is 5.69 Å². The van der Waals surface area contributed by atoms with Crippen LogP contribution in [0.3, 0.4) is 0 Å². The van der Waals surface area contributed by atoms with Gasteiger partial charge in [0.05, 0.1) is 0 Å². The molecule has 4 heteroatoms. The molecule has 1 aliphatic heterocycles. The van der Waals surface area contributed by atoms with Crippen LogP contribution in [-0.4, -0.2) is 28.7 Å². The van der Waals surface area contributed by atoms with E-state index in [-0.39, 0.29) is 5.78 Å². The van der Waals surface area contributed by atoms with E-state index in [0.717, 1.165) is 31.1 Å². The van der Waals surface area contributed by atoms with Crippen molar-refractivity contribution >= 4 is 5.78 Å². The maximum Gasteiger partial charge on any atom is 0.180 e. The van der Waals surface area contributed by atoms with Gasteiger partial charge >= 0.3 is 0 Å². The second-order valence-electron chi connectivity index (χ2n) is 4.50. The molecule has 1 aromatic rings. The molecule has 4 nitrogen and oxygen atoms in total. The lowest BCUT2D eigenvalue weighted by atomic mass is 9.92. The minimum absolute atomic E-state index is 0.221. The van der Waals surface area contributed by atoms with Crippen molar-refractivity contribution in [2.75, 3.05) is 13.1 Å². The molecular weight excluding hydrogens is 202 g/mol. The number of ketones is 1. The van der Waals surface area contributed by atoms with Crippen LogP contribution in [0.4, 0.5) is 0 Å². The van der Waals surface area contributed by atoms with E-state index >= 15 is 0 Å². The van der Waals surface area contributed by atoms with Crippen molar-refractivity contribution in [3.63, 3.8) is 0 Å². The third-order valence-electron chi connectivity index (χ3n) is 3.34. The Kier molecular flexibility index (Phi) is 3.72. The van der Waals surface area contributed by atoms with Gasteiger partial charge in [0, 0.05) is 19.7 Å². The predicted octanol–water partition coefficient (Wildman–Crippen LogP) is 1.38. The lowest BCUT2D eigenvalue weighted by molar-refractivity contribution is 0.0961. The number of hydrogen-bond donors (Lipinski definition) is 1. The monoisotopic (exact) mass is 221 g/mol. The Hall–Kier alpha value is -1.16. The minimum Gasteiger partial charge on any atom is -0.317 e.